The molecule has 1 aliphatic rings. The number of anilines is 1. The first-order chi connectivity index (χ1) is 11.6. The van der Waals surface area contributed by atoms with Crippen molar-refractivity contribution in [2.24, 2.45) is 11.7 Å². The number of methoxy groups -OCH3 is 1. The van der Waals surface area contributed by atoms with E-state index in [1.165, 1.54) is 7.11 Å². The van der Waals surface area contributed by atoms with E-state index in [-0.39, 0.29) is 43.2 Å². The van der Waals surface area contributed by atoms with Crippen LogP contribution in [-0.4, -0.2) is 44.8 Å². The molecule has 2 rings (SSSR count). The van der Waals surface area contributed by atoms with Crippen LogP contribution in [-0.2, 0) is 19.1 Å². The third kappa shape index (κ3) is 6.89. The van der Waals surface area contributed by atoms with Gasteiger partial charge in [0.2, 0.25) is 5.91 Å². The third-order valence-electron chi connectivity index (χ3n) is 4.00. The van der Waals surface area contributed by atoms with Crippen molar-refractivity contribution >= 4 is 30.0 Å². The fraction of sp³-hybridized carbons (Fsp3) is 0.529. The van der Waals surface area contributed by atoms with Gasteiger partial charge in [-0.25, -0.2) is 0 Å². The average molecular weight is 373 g/mol. The molecule has 0 spiro atoms. The zero-order valence-electron chi connectivity index (χ0n) is 14.2. The normalized spacial score (nSPS) is 15.6. The molecule has 1 aromatic rings. The van der Waals surface area contributed by atoms with Gasteiger partial charge < -0.3 is 25.3 Å². The predicted octanol–water partition coefficient (Wildman–Crippen LogP) is 1.74. The smallest absolute Gasteiger partial charge is 0.308 e. The number of ether oxygens (including phenoxy) is 3. The Morgan fingerprint density at radius 1 is 1.28 bits per heavy atom. The molecule has 1 aromatic carbocycles. The number of hydrogen-bond donors (Lipinski definition) is 2. The van der Waals surface area contributed by atoms with Gasteiger partial charge in [0.1, 0.15) is 5.75 Å². The summed E-state index contributed by atoms with van der Waals surface area (Å²) in [7, 11) is 1.34. The topological polar surface area (TPSA) is 99.9 Å². The summed E-state index contributed by atoms with van der Waals surface area (Å²) in [6, 6.07) is 6.40. The van der Waals surface area contributed by atoms with Crippen molar-refractivity contribution in [2.45, 2.75) is 25.3 Å². The van der Waals surface area contributed by atoms with Crippen LogP contribution in [0.5, 0.6) is 5.75 Å². The molecule has 1 aliphatic heterocycles. The van der Waals surface area contributed by atoms with E-state index >= 15 is 0 Å². The lowest BCUT2D eigenvalue weighted by Crippen LogP contribution is -2.43. The third-order valence-corrected chi connectivity index (χ3v) is 4.00. The highest BCUT2D eigenvalue weighted by Crippen LogP contribution is 2.20. The minimum Gasteiger partial charge on any atom is -0.493 e. The average Bonchev–Trinajstić information content (AvgIpc) is 2.63. The summed E-state index contributed by atoms with van der Waals surface area (Å²) in [5.74, 6) is 0.257. The second-order valence-corrected chi connectivity index (χ2v) is 5.66. The van der Waals surface area contributed by atoms with Crippen LogP contribution in [0.3, 0.4) is 0 Å². The monoisotopic (exact) mass is 372 g/mol. The maximum Gasteiger partial charge on any atom is 0.308 e. The van der Waals surface area contributed by atoms with Gasteiger partial charge in [-0.2, -0.15) is 0 Å². The Hall–Kier alpha value is -1.83. The van der Waals surface area contributed by atoms with Crippen molar-refractivity contribution in [3.63, 3.8) is 0 Å². The van der Waals surface area contributed by atoms with E-state index in [0.29, 0.717) is 24.7 Å². The van der Waals surface area contributed by atoms with Gasteiger partial charge in [0.05, 0.1) is 26.2 Å². The number of halogens is 1. The minimum absolute atomic E-state index is 0. The van der Waals surface area contributed by atoms with Crippen LogP contribution in [0.25, 0.3) is 0 Å². The highest BCUT2D eigenvalue weighted by atomic mass is 35.5. The van der Waals surface area contributed by atoms with E-state index in [1.54, 1.807) is 24.3 Å². The molecule has 1 saturated heterocycles. The molecule has 25 heavy (non-hydrogen) atoms. The van der Waals surface area contributed by atoms with Crippen LogP contribution >= 0.6 is 12.4 Å². The van der Waals surface area contributed by atoms with Gasteiger partial charge in [-0.1, -0.05) is 0 Å². The largest absolute Gasteiger partial charge is 0.493 e. The summed E-state index contributed by atoms with van der Waals surface area (Å²) in [4.78, 5) is 23.2. The zero-order chi connectivity index (χ0) is 17.4. The lowest BCUT2D eigenvalue weighted by atomic mass is 9.92. The Morgan fingerprint density at radius 2 is 1.92 bits per heavy atom. The van der Waals surface area contributed by atoms with Crippen LogP contribution in [0.1, 0.15) is 19.3 Å². The Balaban J connectivity index is 0.00000312. The summed E-state index contributed by atoms with van der Waals surface area (Å²) < 4.78 is 15.3. The van der Waals surface area contributed by atoms with Gasteiger partial charge in [0, 0.05) is 18.9 Å². The first-order valence-corrected chi connectivity index (χ1v) is 8.04. The molecule has 1 heterocycles. The van der Waals surface area contributed by atoms with E-state index in [1.807, 2.05) is 0 Å². The van der Waals surface area contributed by atoms with Crippen molar-refractivity contribution in [1.82, 2.24) is 0 Å². The number of amides is 1. The van der Waals surface area contributed by atoms with Gasteiger partial charge in [-0.3, -0.25) is 9.59 Å². The van der Waals surface area contributed by atoms with Gasteiger partial charge in [0.25, 0.3) is 0 Å². The van der Waals surface area contributed by atoms with Gasteiger partial charge in [-0.15, -0.1) is 12.4 Å². The van der Waals surface area contributed by atoms with E-state index in [9.17, 15) is 9.59 Å². The van der Waals surface area contributed by atoms with Crippen molar-refractivity contribution in [2.75, 3.05) is 32.2 Å². The number of esters is 1. The standard InChI is InChI=1S/C17H24N2O5.ClH/c1-22-15(20)8-11-24-14-4-2-13(3-5-14)19-17(21)16(18)12-6-9-23-10-7-12;/h2-5,12,16H,6-11,18H2,1H3,(H,19,21);1H. The number of carbonyl (C=O) groups excluding carboxylic acids is 2. The lowest BCUT2D eigenvalue weighted by molar-refractivity contribution is -0.141. The first kappa shape index (κ1) is 21.2. The molecule has 8 heteroatoms. The first-order valence-electron chi connectivity index (χ1n) is 8.04. The molecule has 0 aromatic heterocycles. The van der Waals surface area contributed by atoms with Crippen LogP contribution in [0.4, 0.5) is 5.69 Å². The number of rotatable bonds is 7. The molecule has 0 saturated carbocycles. The van der Waals surface area contributed by atoms with E-state index in [0.717, 1.165) is 12.8 Å². The quantitative estimate of drug-likeness (QED) is 0.707. The molecule has 0 aliphatic carbocycles. The molecule has 0 bridgehead atoms. The number of carbonyl (C=O) groups is 2. The number of hydrogen-bond acceptors (Lipinski definition) is 6. The Morgan fingerprint density at radius 3 is 2.52 bits per heavy atom. The molecule has 1 amide bonds. The van der Waals surface area contributed by atoms with Crippen LogP contribution in [0.2, 0.25) is 0 Å². The molecule has 0 radical (unpaired) electrons. The molecular formula is C17H25ClN2O5. The van der Waals surface area contributed by atoms with Gasteiger partial charge in [-0.05, 0) is 43.0 Å². The maximum atomic E-state index is 12.2. The van der Waals surface area contributed by atoms with Gasteiger partial charge >= 0.3 is 5.97 Å². The summed E-state index contributed by atoms with van der Waals surface area (Å²) in [6.45, 7) is 1.56. The number of benzene rings is 1. The summed E-state index contributed by atoms with van der Waals surface area (Å²) in [5, 5.41) is 2.82. The molecule has 1 atom stereocenters. The molecular weight excluding hydrogens is 348 g/mol. The summed E-state index contributed by atoms with van der Waals surface area (Å²) >= 11 is 0. The summed E-state index contributed by atoms with van der Waals surface area (Å²) in [6.07, 6.45) is 1.80. The van der Waals surface area contributed by atoms with Crippen molar-refractivity contribution < 1.29 is 23.8 Å². The second-order valence-electron chi connectivity index (χ2n) is 5.66. The van der Waals surface area contributed by atoms with Gasteiger partial charge in [0.15, 0.2) is 0 Å². The highest BCUT2D eigenvalue weighted by molar-refractivity contribution is 5.94. The number of nitrogens with two attached hydrogens (primary N) is 1. The zero-order valence-corrected chi connectivity index (χ0v) is 15.1. The molecule has 7 nitrogen and oxygen atoms in total. The lowest BCUT2D eigenvalue weighted by Gasteiger charge is -2.26. The fourth-order valence-electron chi connectivity index (χ4n) is 2.50. The summed E-state index contributed by atoms with van der Waals surface area (Å²) in [5.41, 5.74) is 6.70. The Labute approximate surface area is 153 Å². The maximum absolute atomic E-state index is 12.2. The van der Waals surface area contributed by atoms with E-state index in [2.05, 4.69) is 10.1 Å². The van der Waals surface area contributed by atoms with Crippen LogP contribution < -0.4 is 15.8 Å². The van der Waals surface area contributed by atoms with Crippen molar-refractivity contribution in [3.8, 4) is 5.75 Å². The Bertz CT molecular complexity index is 546. The molecule has 3 N–H and O–H groups in total. The molecule has 140 valence electrons. The molecule has 1 unspecified atom stereocenters. The fourth-order valence-corrected chi connectivity index (χ4v) is 2.50. The Kier molecular flexibility index (Phi) is 9.26. The van der Waals surface area contributed by atoms with Crippen LogP contribution in [0, 0.1) is 5.92 Å². The van der Waals surface area contributed by atoms with Crippen LogP contribution in [0.15, 0.2) is 24.3 Å². The van der Waals surface area contributed by atoms with E-state index in [4.69, 9.17) is 15.2 Å². The van der Waals surface area contributed by atoms with Crippen molar-refractivity contribution in [1.29, 1.82) is 0 Å². The highest BCUT2D eigenvalue weighted by Gasteiger charge is 2.26. The predicted molar refractivity (Wildman–Crippen MR) is 96.0 cm³/mol. The van der Waals surface area contributed by atoms with E-state index < -0.39 is 6.04 Å². The minimum atomic E-state index is -0.537. The molecule has 1 fully saturated rings. The second kappa shape index (κ2) is 10.9. The SMILES string of the molecule is COC(=O)CCOc1ccc(NC(=O)C(N)C2CCOCC2)cc1.Cl. The number of nitrogens with one attached hydrogen (secondary N) is 1. The van der Waals surface area contributed by atoms with Crippen molar-refractivity contribution in [3.05, 3.63) is 24.3 Å².